The lowest BCUT2D eigenvalue weighted by molar-refractivity contribution is -0.154. The molecule has 1 atom stereocenters. The molecule has 0 amide bonds. The van der Waals surface area contributed by atoms with Crippen molar-refractivity contribution in [2.24, 2.45) is 5.73 Å². The van der Waals surface area contributed by atoms with Gasteiger partial charge in [0, 0.05) is 6.07 Å². The van der Waals surface area contributed by atoms with E-state index in [1.54, 1.807) is 0 Å². The van der Waals surface area contributed by atoms with Crippen LogP contribution in [0, 0.1) is 0 Å². The number of benzene rings is 1. The van der Waals surface area contributed by atoms with Crippen LogP contribution in [0.3, 0.4) is 0 Å². The zero-order chi connectivity index (χ0) is 15.1. The van der Waals surface area contributed by atoms with Crippen LogP contribution in [0.1, 0.15) is 6.42 Å². The monoisotopic (exact) mass is 303 g/mol. The van der Waals surface area contributed by atoms with Crippen LogP contribution in [-0.2, 0) is 14.3 Å². The van der Waals surface area contributed by atoms with Crippen molar-refractivity contribution in [3.8, 4) is 11.5 Å². The summed E-state index contributed by atoms with van der Waals surface area (Å²) in [6.45, 7) is -0.325. The fraction of sp³-hybridized carbons (Fsp3) is 0.333. The van der Waals surface area contributed by atoms with E-state index in [0.29, 0.717) is 5.75 Å². The highest BCUT2D eigenvalue weighted by atomic mass is 35.5. The molecule has 1 rings (SSSR count). The van der Waals surface area contributed by atoms with Gasteiger partial charge in [0.25, 0.3) is 0 Å². The Morgan fingerprint density at radius 1 is 1.45 bits per heavy atom. The number of carbonyl (C=O) groups excluding carboxylic acids is 2. The summed E-state index contributed by atoms with van der Waals surface area (Å²) in [5.74, 6) is -1.27. The van der Waals surface area contributed by atoms with E-state index in [0.717, 1.165) is 0 Å². The Kier molecular flexibility index (Phi) is 6.23. The molecule has 1 aromatic carbocycles. The van der Waals surface area contributed by atoms with Crippen LogP contribution in [0.2, 0.25) is 5.02 Å². The number of esters is 2. The second-order valence-electron chi connectivity index (χ2n) is 3.62. The van der Waals surface area contributed by atoms with Crippen LogP contribution < -0.4 is 15.2 Å². The summed E-state index contributed by atoms with van der Waals surface area (Å²) in [6, 6.07) is 4.29. The highest BCUT2D eigenvalue weighted by Gasteiger charge is 2.22. The number of hydrogen-bond donors (Lipinski definition) is 2. The highest BCUT2D eigenvalue weighted by molar-refractivity contribution is 6.32. The summed E-state index contributed by atoms with van der Waals surface area (Å²) in [5.41, 5.74) is 4.98. The quantitative estimate of drug-likeness (QED) is 0.446. The molecule has 0 aliphatic heterocycles. The zero-order valence-electron chi connectivity index (χ0n) is 10.7. The Bertz CT molecular complexity index is 493. The molecule has 0 heterocycles. The molecular formula is C12H14ClNO6. The number of nitrogens with two attached hydrogens (primary N) is 1. The van der Waals surface area contributed by atoms with Crippen molar-refractivity contribution < 1.29 is 28.9 Å². The number of aliphatic hydroxyl groups is 1. The molecule has 0 saturated heterocycles. The highest BCUT2D eigenvalue weighted by Crippen LogP contribution is 2.28. The van der Waals surface area contributed by atoms with E-state index in [2.05, 4.69) is 4.74 Å². The van der Waals surface area contributed by atoms with Crippen molar-refractivity contribution in [1.82, 2.24) is 0 Å². The van der Waals surface area contributed by atoms with E-state index in [1.807, 2.05) is 0 Å². The van der Waals surface area contributed by atoms with Gasteiger partial charge < -0.3 is 19.3 Å². The lowest BCUT2D eigenvalue weighted by Gasteiger charge is -2.10. The van der Waals surface area contributed by atoms with Gasteiger partial charge in [-0.05, 0) is 12.1 Å². The van der Waals surface area contributed by atoms with Crippen molar-refractivity contribution in [2.45, 2.75) is 12.5 Å². The zero-order valence-corrected chi connectivity index (χ0v) is 11.4. The Balaban J connectivity index is 2.61. The molecule has 0 spiro atoms. The minimum atomic E-state index is -1.64. The Morgan fingerprint density at radius 3 is 2.70 bits per heavy atom. The normalized spacial score (nSPS) is 11.6. The Hall–Kier alpha value is -1.83. The number of ether oxygens (including phenoxy) is 3. The standard InChI is InChI=1S/C12H14ClNO6/c1-18-10-3-2-7(4-8(10)13)20-12(17)9(15)5-11(16)19-6-14/h2-4,9,15H,5-6,14H2,1H3. The first kappa shape index (κ1) is 16.2. The third kappa shape index (κ3) is 4.69. The van der Waals surface area contributed by atoms with Gasteiger partial charge in [-0.2, -0.15) is 0 Å². The van der Waals surface area contributed by atoms with E-state index in [1.165, 1.54) is 25.3 Å². The van der Waals surface area contributed by atoms with Crippen LogP contribution in [0.15, 0.2) is 18.2 Å². The van der Waals surface area contributed by atoms with Crippen LogP contribution >= 0.6 is 11.6 Å². The number of aliphatic hydroxyl groups excluding tert-OH is 1. The van der Waals surface area contributed by atoms with Crippen molar-refractivity contribution in [3.05, 3.63) is 23.2 Å². The molecule has 0 fully saturated rings. The van der Waals surface area contributed by atoms with Crippen molar-refractivity contribution in [2.75, 3.05) is 13.8 Å². The van der Waals surface area contributed by atoms with E-state index >= 15 is 0 Å². The van der Waals surface area contributed by atoms with Gasteiger partial charge in [0.1, 0.15) is 18.2 Å². The molecule has 0 aromatic heterocycles. The number of rotatable bonds is 6. The maximum absolute atomic E-state index is 11.5. The average Bonchev–Trinajstić information content (AvgIpc) is 2.39. The van der Waals surface area contributed by atoms with Crippen LogP contribution in [0.4, 0.5) is 0 Å². The summed E-state index contributed by atoms with van der Waals surface area (Å²) in [6.07, 6.45) is -2.19. The first-order valence-corrected chi connectivity index (χ1v) is 5.94. The molecule has 1 unspecified atom stereocenters. The average molecular weight is 304 g/mol. The van der Waals surface area contributed by atoms with E-state index in [-0.39, 0.29) is 17.5 Å². The van der Waals surface area contributed by atoms with Crippen molar-refractivity contribution in [1.29, 1.82) is 0 Å². The van der Waals surface area contributed by atoms with E-state index in [4.69, 9.17) is 26.8 Å². The summed E-state index contributed by atoms with van der Waals surface area (Å²) in [7, 11) is 1.44. The fourth-order valence-electron chi connectivity index (χ4n) is 1.29. The van der Waals surface area contributed by atoms with Crippen LogP contribution in [-0.4, -0.2) is 37.0 Å². The van der Waals surface area contributed by atoms with Crippen LogP contribution in [0.25, 0.3) is 0 Å². The number of halogens is 1. The molecule has 7 nitrogen and oxygen atoms in total. The number of methoxy groups -OCH3 is 1. The smallest absolute Gasteiger partial charge is 0.340 e. The van der Waals surface area contributed by atoms with Gasteiger partial charge in [0.15, 0.2) is 6.10 Å². The molecule has 0 radical (unpaired) electrons. The first-order chi connectivity index (χ1) is 9.47. The number of hydrogen-bond acceptors (Lipinski definition) is 7. The lowest BCUT2D eigenvalue weighted by Crippen LogP contribution is -2.29. The third-order valence-corrected chi connectivity index (χ3v) is 2.51. The molecule has 110 valence electrons. The van der Waals surface area contributed by atoms with Gasteiger partial charge in [-0.3, -0.25) is 10.5 Å². The van der Waals surface area contributed by atoms with Crippen molar-refractivity contribution in [3.63, 3.8) is 0 Å². The molecule has 0 aliphatic rings. The van der Waals surface area contributed by atoms with E-state index in [9.17, 15) is 14.7 Å². The predicted octanol–water partition coefficient (Wildman–Crippen LogP) is 0.464. The second kappa shape index (κ2) is 7.68. The van der Waals surface area contributed by atoms with Gasteiger partial charge in [-0.25, -0.2) is 4.79 Å². The molecule has 0 saturated carbocycles. The lowest BCUT2D eigenvalue weighted by atomic mass is 10.2. The van der Waals surface area contributed by atoms with E-state index < -0.39 is 24.5 Å². The summed E-state index contributed by atoms with van der Waals surface area (Å²) >= 11 is 5.85. The molecular weight excluding hydrogens is 290 g/mol. The summed E-state index contributed by atoms with van der Waals surface area (Å²) < 4.78 is 14.2. The minimum Gasteiger partial charge on any atom is -0.495 e. The minimum absolute atomic E-state index is 0.118. The van der Waals surface area contributed by atoms with Crippen LogP contribution in [0.5, 0.6) is 11.5 Å². The third-order valence-electron chi connectivity index (χ3n) is 2.22. The second-order valence-corrected chi connectivity index (χ2v) is 4.03. The van der Waals surface area contributed by atoms with Gasteiger partial charge in [0.05, 0.1) is 18.6 Å². The van der Waals surface area contributed by atoms with Gasteiger partial charge in [-0.15, -0.1) is 0 Å². The predicted molar refractivity (Wildman–Crippen MR) is 69.4 cm³/mol. The molecule has 8 heteroatoms. The fourth-order valence-corrected chi connectivity index (χ4v) is 1.54. The Labute approximate surface area is 120 Å². The molecule has 20 heavy (non-hydrogen) atoms. The molecule has 3 N–H and O–H groups in total. The summed E-state index contributed by atoms with van der Waals surface area (Å²) in [5, 5.41) is 9.72. The maximum atomic E-state index is 11.5. The SMILES string of the molecule is COc1ccc(OC(=O)C(O)CC(=O)OCN)cc1Cl. The molecule has 1 aromatic rings. The van der Waals surface area contributed by atoms with Gasteiger partial charge >= 0.3 is 11.9 Å². The molecule has 0 aliphatic carbocycles. The number of carbonyl (C=O) groups is 2. The maximum Gasteiger partial charge on any atom is 0.340 e. The molecule has 0 bridgehead atoms. The largest absolute Gasteiger partial charge is 0.495 e. The summed E-state index contributed by atoms with van der Waals surface area (Å²) in [4.78, 5) is 22.6. The first-order valence-electron chi connectivity index (χ1n) is 5.57. The van der Waals surface area contributed by atoms with Crippen molar-refractivity contribution >= 4 is 23.5 Å². The Morgan fingerprint density at radius 2 is 2.15 bits per heavy atom. The topological polar surface area (TPSA) is 108 Å². The van der Waals surface area contributed by atoms with Gasteiger partial charge in [0.2, 0.25) is 0 Å². The van der Waals surface area contributed by atoms with Gasteiger partial charge in [-0.1, -0.05) is 11.6 Å².